The molecule has 3 aromatic rings. The van der Waals surface area contributed by atoms with E-state index < -0.39 is 11.5 Å². The summed E-state index contributed by atoms with van der Waals surface area (Å²) < 4.78 is 0. The normalized spacial score (nSPS) is 19.1. The van der Waals surface area contributed by atoms with E-state index in [0.29, 0.717) is 38.2 Å². The van der Waals surface area contributed by atoms with Crippen LogP contribution in [0, 0.1) is 0 Å². The lowest BCUT2D eigenvalue weighted by Crippen LogP contribution is -2.47. The van der Waals surface area contributed by atoms with Crippen LogP contribution in [-0.2, 0) is 21.5 Å². The molecular formula is C31H31N3O3. The third-order valence-electron chi connectivity index (χ3n) is 8.24. The minimum Gasteiger partial charge on any atom is -0.353 e. The van der Waals surface area contributed by atoms with Gasteiger partial charge in [0.2, 0.25) is 11.8 Å². The third kappa shape index (κ3) is 3.57. The maximum Gasteiger partial charge on any atom is 0.255 e. The van der Waals surface area contributed by atoms with Crippen LogP contribution >= 0.6 is 0 Å². The Labute approximate surface area is 217 Å². The highest BCUT2D eigenvalue weighted by atomic mass is 16.2. The Morgan fingerprint density at radius 1 is 0.919 bits per heavy atom. The number of hydrogen-bond acceptors (Lipinski definition) is 3. The first-order chi connectivity index (χ1) is 18.1. The smallest absolute Gasteiger partial charge is 0.255 e. The highest BCUT2D eigenvalue weighted by Crippen LogP contribution is 2.51. The van der Waals surface area contributed by atoms with Gasteiger partial charge in [0.05, 0.1) is 0 Å². The molecule has 0 saturated carbocycles. The highest BCUT2D eigenvalue weighted by molar-refractivity contribution is 6.02. The predicted molar refractivity (Wildman–Crippen MR) is 142 cm³/mol. The zero-order valence-corrected chi connectivity index (χ0v) is 21.1. The lowest BCUT2D eigenvalue weighted by Gasteiger charge is -2.31. The zero-order valence-electron chi connectivity index (χ0n) is 21.1. The highest BCUT2D eigenvalue weighted by Gasteiger charge is 2.48. The molecule has 188 valence electrons. The fraction of sp³-hybridized carbons (Fsp3) is 0.323. The number of nitrogens with one attached hydrogen (secondary N) is 1. The average molecular weight is 494 g/mol. The second-order valence-corrected chi connectivity index (χ2v) is 10.2. The molecule has 6 nitrogen and oxygen atoms in total. The van der Waals surface area contributed by atoms with Crippen LogP contribution < -0.4 is 5.32 Å². The Kier molecular flexibility index (Phi) is 5.82. The molecule has 1 aliphatic carbocycles. The van der Waals surface area contributed by atoms with Gasteiger partial charge in [0.25, 0.3) is 5.91 Å². The molecule has 1 saturated heterocycles. The fourth-order valence-electron chi connectivity index (χ4n) is 6.55. The van der Waals surface area contributed by atoms with Crippen molar-refractivity contribution in [3.8, 4) is 11.1 Å². The van der Waals surface area contributed by atoms with Gasteiger partial charge in [0.15, 0.2) is 0 Å². The van der Waals surface area contributed by atoms with E-state index in [9.17, 15) is 14.4 Å². The summed E-state index contributed by atoms with van der Waals surface area (Å²) in [7, 11) is 0. The Hall–Kier alpha value is -3.93. The molecule has 6 heteroatoms. The number of hydrogen-bond donors (Lipinski definition) is 1. The van der Waals surface area contributed by atoms with Crippen LogP contribution in [0.2, 0.25) is 0 Å². The van der Waals surface area contributed by atoms with E-state index in [1.54, 1.807) is 9.80 Å². The van der Waals surface area contributed by atoms with Crippen molar-refractivity contribution in [2.75, 3.05) is 19.6 Å². The van der Waals surface area contributed by atoms with Crippen LogP contribution in [0.15, 0.2) is 72.8 Å². The maximum absolute atomic E-state index is 13.9. The van der Waals surface area contributed by atoms with Gasteiger partial charge < -0.3 is 15.1 Å². The minimum absolute atomic E-state index is 0.0138. The van der Waals surface area contributed by atoms with Gasteiger partial charge in [-0.1, -0.05) is 80.1 Å². The van der Waals surface area contributed by atoms with Crippen LogP contribution in [0.5, 0.6) is 0 Å². The first-order valence-corrected chi connectivity index (χ1v) is 13.2. The van der Waals surface area contributed by atoms with E-state index in [2.05, 4.69) is 36.5 Å². The van der Waals surface area contributed by atoms with E-state index in [1.165, 1.54) is 0 Å². The molecule has 0 radical (unpaired) electrons. The minimum atomic E-state index is -0.729. The standard InChI is InChI=1S/C31H31N3O3/c1-2-16-31(25-13-7-5-11-23(25)24-12-6-8-14-26(24)31)30(37)32-17-19-33-18-15-27(29(33)36)34-20-21-9-3-4-10-22(21)28(34)35/h3-14,27H,2,15-20H2,1H3,(H,32,37). The Balaban J connectivity index is 1.15. The van der Waals surface area contributed by atoms with E-state index in [-0.39, 0.29) is 17.7 Å². The molecule has 1 N–H and O–H groups in total. The Morgan fingerprint density at radius 2 is 1.54 bits per heavy atom. The molecular weight excluding hydrogens is 462 g/mol. The molecule has 0 bridgehead atoms. The van der Waals surface area contributed by atoms with Gasteiger partial charge in [-0.25, -0.2) is 0 Å². The van der Waals surface area contributed by atoms with Crippen molar-refractivity contribution in [3.05, 3.63) is 95.1 Å². The van der Waals surface area contributed by atoms with E-state index in [0.717, 1.165) is 40.7 Å². The first kappa shape index (κ1) is 23.5. The number of nitrogens with zero attached hydrogens (tertiary/aromatic N) is 2. The van der Waals surface area contributed by atoms with Crippen LogP contribution in [0.3, 0.4) is 0 Å². The van der Waals surface area contributed by atoms with Gasteiger partial charge in [0, 0.05) is 31.7 Å². The van der Waals surface area contributed by atoms with Gasteiger partial charge in [-0.15, -0.1) is 0 Å². The third-order valence-corrected chi connectivity index (χ3v) is 8.24. The van der Waals surface area contributed by atoms with Crippen molar-refractivity contribution in [1.29, 1.82) is 0 Å². The van der Waals surface area contributed by atoms with Crippen LogP contribution in [-0.4, -0.2) is 53.2 Å². The van der Waals surface area contributed by atoms with Crippen molar-refractivity contribution in [1.82, 2.24) is 15.1 Å². The van der Waals surface area contributed by atoms with E-state index >= 15 is 0 Å². The second kappa shape index (κ2) is 9.18. The van der Waals surface area contributed by atoms with Crippen molar-refractivity contribution >= 4 is 17.7 Å². The second-order valence-electron chi connectivity index (χ2n) is 10.2. The van der Waals surface area contributed by atoms with Crippen molar-refractivity contribution in [2.24, 2.45) is 0 Å². The summed E-state index contributed by atoms with van der Waals surface area (Å²) in [5, 5.41) is 3.17. The number of carbonyl (C=O) groups excluding carboxylic acids is 3. The lowest BCUT2D eigenvalue weighted by molar-refractivity contribution is -0.132. The quantitative estimate of drug-likeness (QED) is 0.538. The predicted octanol–water partition coefficient (Wildman–Crippen LogP) is 4.13. The summed E-state index contributed by atoms with van der Waals surface area (Å²) >= 11 is 0. The molecule has 37 heavy (non-hydrogen) atoms. The van der Waals surface area contributed by atoms with Crippen molar-refractivity contribution < 1.29 is 14.4 Å². The number of rotatable bonds is 7. The van der Waals surface area contributed by atoms with Crippen LogP contribution in [0.4, 0.5) is 0 Å². The fourth-order valence-corrected chi connectivity index (χ4v) is 6.55. The molecule has 6 rings (SSSR count). The van der Waals surface area contributed by atoms with Crippen LogP contribution in [0.25, 0.3) is 11.1 Å². The summed E-state index contributed by atoms with van der Waals surface area (Å²) in [6.45, 7) is 3.99. The molecule has 3 aromatic carbocycles. The van der Waals surface area contributed by atoms with E-state index in [1.807, 2.05) is 48.5 Å². The Morgan fingerprint density at radius 3 is 2.19 bits per heavy atom. The van der Waals surface area contributed by atoms with Crippen LogP contribution in [0.1, 0.15) is 53.2 Å². The number of amides is 3. The van der Waals surface area contributed by atoms with Gasteiger partial charge in [-0.3, -0.25) is 14.4 Å². The number of fused-ring (bicyclic) bond motifs is 4. The van der Waals surface area contributed by atoms with Crippen molar-refractivity contribution in [3.63, 3.8) is 0 Å². The average Bonchev–Trinajstić information content (AvgIpc) is 3.55. The summed E-state index contributed by atoms with van der Waals surface area (Å²) in [4.78, 5) is 43.5. The van der Waals surface area contributed by atoms with Gasteiger partial charge in [-0.2, -0.15) is 0 Å². The summed E-state index contributed by atoms with van der Waals surface area (Å²) in [5.41, 5.74) is 5.29. The first-order valence-electron chi connectivity index (χ1n) is 13.2. The molecule has 0 spiro atoms. The number of carbonyl (C=O) groups is 3. The van der Waals surface area contributed by atoms with Gasteiger partial charge >= 0.3 is 0 Å². The molecule has 2 heterocycles. The van der Waals surface area contributed by atoms with Crippen molar-refractivity contribution in [2.45, 2.75) is 44.2 Å². The summed E-state index contributed by atoms with van der Waals surface area (Å²) in [5.74, 6) is -0.112. The molecule has 3 aliphatic rings. The lowest BCUT2D eigenvalue weighted by atomic mass is 9.74. The zero-order chi connectivity index (χ0) is 25.6. The monoisotopic (exact) mass is 493 g/mol. The summed E-state index contributed by atoms with van der Waals surface area (Å²) in [6, 6.07) is 23.5. The van der Waals surface area contributed by atoms with E-state index in [4.69, 9.17) is 0 Å². The van der Waals surface area contributed by atoms with Gasteiger partial charge in [0.1, 0.15) is 11.5 Å². The molecule has 1 fully saturated rings. The van der Waals surface area contributed by atoms with Gasteiger partial charge in [-0.05, 0) is 46.7 Å². The summed E-state index contributed by atoms with van der Waals surface area (Å²) in [6.07, 6.45) is 2.21. The maximum atomic E-state index is 13.9. The SMILES string of the molecule is CCCC1(C(=O)NCCN2CCC(N3Cc4ccccc4C3=O)C2=O)c2ccccc2-c2ccccc21. The molecule has 2 aliphatic heterocycles. The molecule has 0 aromatic heterocycles. The number of benzene rings is 3. The number of likely N-dealkylation sites (tertiary alicyclic amines) is 1. The largest absolute Gasteiger partial charge is 0.353 e. The topological polar surface area (TPSA) is 69.7 Å². The molecule has 3 amide bonds. The molecule has 1 atom stereocenters. The Bertz CT molecular complexity index is 1350. The molecule has 1 unspecified atom stereocenters.